The lowest BCUT2D eigenvalue weighted by Crippen LogP contribution is -2.52. The van der Waals surface area contributed by atoms with E-state index < -0.39 is 47.6 Å². The summed E-state index contributed by atoms with van der Waals surface area (Å²) in [6.45, 7) is 2.34. The minimum atomic E-state index is -4.84. The van der Waals surface area contributed by atoms with Gasteiger partial charge in [0.1, 0.15) is 18.5 Å². The van der Waals surface area contributed by atoms with Gasteiger partial charge in [-0.1, -0.05) is 43.3 Å². The van der Waals surface area contributed by atoms with Gasteiger partial charge in [0, 0.05) is 6.42 Å². The monoisotopic (exact) mass is 498 g/mol. The highest BCUT2D eigenvalue weighted by Crippen LogP contribution is 2.29. The lowest BCUT2D eigenvalue weighted by atomic mass is 10.0. The zero-order valence-electron chi connectivity index (χ0n) is 19.2. The summed E-state index contributed by atoms with van der Waals surface area (Å²) in [7, 11) is 0. The van der Waals surface area contributed by atoms with Crippen LogP contribution in [0, 0.1) is 11.7 Å². The number of carbonyl (C=O) groups is 3. The fraction of sp³-hybridized carbons (Fsp3) is 0.375. The number of benzene rings is 2. The number of rotatable bonds is 10. The molecular weight excluding hydrogens is 472 g/mol. The van der Waals surface area contributed by atoms with Crippen LogP contribution in [0.3, 0.4) is 0 Å². The highest BCUT2D eigenvalue weighted by atomic mass is 19.4. The van der Waals surface area contributed by atoms with Crippen LogP contribution in [0.25, 0.3) is 0 Å². The molecule has 0 aliphatic heterocycles. The van der Waals surface area contributed by atoms with E-state index in [0.717, 1.165) is 6.07 Å². The van der Waals surface area contributed by atoms with E-state index in [-0.39, 0.29) is 26.1 Å². The van der Waals surface area contributed by atoms with Crippen molar-refractivity contribution in [2.24, 2.45) is 5.92 Å². The number of alkyl halides is 3. The topological polar surface area (TPSA) is 93.7 Å². The van der Waals surface area contributed by atoms with Crippen LogP contribution >= 0.6 is 0 Å². The van der Waals surface area contributed by atoms with Gasteiger partial charge in [0.15, 0.2) is 0 Å². The number of ether oxygens (including phenoxy) is 2. The van der Waals surface area contributed by atoms with Crippen molar-refractivity contribution in [1.82, 2.24) is 5.32 Å². The normalized spacial score (nSPS) is 12.9. The summed E-state index contributed by atoms with van der Waals surface area (Å²) >= 11 is 0. The molecule has 0 heterocycles. The molecule has 2 atom stereocenters. The van der Waals surface area contributed by atoms with E-state index in [1.807, 2.05) is 5.32 Å². The Bertz CT molecular complexity index is 1010. The van der Waals surface area contributed by atoms with Crippen molar-refractivity contribution in [1.29, 1.82) is 0 Å². The fourth-order valence-corrected chi connectivity index (χ4v) is 3.01. The number of anilines is 1. The van der Waals surface area contributed by atoms with Crippen LogP contribution in [0.15, 0.2) is 48.5 Å². The molecule has 2 N–H and O–H groups in total. The van der Waals surface area contributed by atoms with Crippen LogP contribution < -0.4 is 10.6 Å². The minimum absolute atomic E-state index is 0.00456. The first-order valence-corrected chi connectivity index (χ1v) is 10.8. The van der Waals surface area contributed by atoms with Crippen LogP contribution in [0.2, 0.25) is 0 Å². The van der Waals surface area contributed by atoms with Gasteiger partial charge in [0.2, 0.25) is 5.91 Å². The standard InChI is InChI=1S/C24H26F4N2O5/c1-3-34-20(31)12-10-16-9-11-18(25)19(13-16)29-22(32)21(15(2)24(26,27)28)30-23(33)35-14-17-7-5-4-6-8-17/h4-9,11,13,15,21H,3,10,12,14H2,1-2H3,(H,29,32)(H,30,33). The first kappa shape index (κ1) is 27.6. The van der Waals surface area contributed by atoms with Gasteiger partial charge in [0.25, 0.3) is 0 Å². The second kappa shape index (κ2) is 12.7. The Morgan fingerprint density at radius 1 is 1.00 bits per heavy atom. The van der Waals surface area contributed by atoms with Gasteiger partial charge in [-0.05, 0) is 36.6 Å². The second-order valence-electron chi connectivity index (χ2n) is 7.62. The molecule has 0 aliphatic carbocycles. The lowest BCUT2D eigenvalue weighted by molar-refractivity contribution is -0.178. The zero-order valence-corrected chi connectivity index (χ0v) is 19.2. The molecule has 11 heteroatoms. The van der Waals surface area contributed by atoms with E-state index in [2.05, 4.69) is 5.32 Å². The van der Waals surface area contributed by atoms with E-state index in [9.17, 15) is 31.9 Å². The van der Waals surface area contributed by atoms with Crippen molar-refractivity contribution >= 4 is 23.7 Å². The Morgan fingerprint density at radius 2 is 1.69 bits per heavy atom. The summed E-state index contributed by atoms with van der Waals surface area (Å²) in [5.41, 5.74) is 0.648. The van der Waals surface area contributed by atoms with Gasteiger partial charge >= 0.3 is 18.2 Å². The van der Waals surface area contributed by atoms with E-state index in [1.54, 1.807) is 37.3 Å². The van der Waals surface area contributed by atoms with E-state index in [4.69, 9.17) is 9.47 Å². The highest BCUT2D eigenvalue weighted by molar-refractivity contribution is 5.97. The highest BCUT2D eigenvalue weighted by Gasteiger charge is 2.45. The Morgan fingerprint density at radius 3 is 2.31 bits per heavy atom. The molecule has 0 radical (unpaired) electrons. The number of nitrogens with one attached hydrogen (secondary N) is 2. The maximum Gasteiger partial charge on any atom is 0.408 e. The van der Waals surface area contributed by atoms with Crippen molar-refractivity contribution in [3.63, 3.8) is 0 Å². The van der Waals surface area contributed by atoms with E-state index >= 15 is 0 Å². The number of aryl methyl sites for hydroxylation is 1. The van der Waals surface area contributed by atoms with Gasteiger partial charge in [-0.2, -0.15) is 13.2 Å². The molecule has 2 amide bonds. The number of hydrogen-bond acceptors (Lipinski definition) is 5. The third-order valence-electron chi connectivity index (χ3n) is 5.00. The van der Waals surface area contributed by atoms with Crippen LogP contribution in [0.1, 0.15) is 31.4 Å². The summed E-state index contributed by atoms with van der Waals surface area (Å²) in [4.78, 5) is 36.4. The summed E-state index contributed by atoms with van der Waals surface area (Å²) in [6, 6.07) is 9.90. The quantitative estimate of drug-likeness (QED) is 0.364. The molecule has 0 saturated heterocycles. The summed E-state index contributed by atoms with van der Waals surface area (Å²) in [5, 5.41) is 4.02. The van der Waals surface area contributed by atoms with Crippen molar-refractivity contribution in [3.8, 4) is 0 Å². The molecule has 35 heavy (non-hydrogen) atoms. The Hall–Kier alpha value is -3.63. The summed E-state index contributed by atoms with van der Waals surface area (Å²) < 4.78 is 64.2. The Kier molecular flexibility index (Phi) is 10.0. The molecular formula is C24H26F4N2O5. The lowest BCUT2D eigenvalue weighted by Gasteiger charge is -2.26. The number of amides is 2. The molecule has 0 aliphatic rings. The minimum Gasteiger partial charge on any atom is -0.466 e. The molecule has 7 nitrogen and oxygen atoms in total. The maximum absolute atomic E-state index is 14.3. The van der Waals surface area contributed by atoms with Gasteiger partial charge in [-0.15, -0.1) is 0 Å². The van der Waals surface area contributed by atoms with Crippen LogP contribution in [-0.2, 0) is 32.1 Å². The zero-order chi connectivity index (χ0) is 26.0. The SMILES string of the molecule is CCOC(=O)CCc1ccc(F)c(NC(=O)C(NC(=O)OCc2ccccc2)C(C)C(F)(F)F)c1. The van der Waals surface area contributed by atoms with Gasteiger partial charge < -0.3 is 20.1 Å². The molecule has 0 fully saturated rings. The fourth-order valence-electron chi connectivity index (χ4n) is 3.01. The predicted molar refractivity (Wildman–Crippen MR) is 119 cm³/mol. The summed E-state index contributed by atoms with van der Waals surface area (Å²) in [6.07, 6.45) is -5.92. The molecule has 0 aromatic heterocycles. The number of hydrogen-bond donors (Lipinski definition) is 2. The van der Waals surface area contributed by atoms with Gasteiger partial charge in [-0.25, -0.2) is 9.18 Å². The number of alkyl carbamates (subject to hydrolysis) is 1. The molecule has 2 aromatic rings. The number of carbonyl (C=O) groups excluding carboxylic acids is 3. The first-order chi connectivity index (χ1) is 16.5. The van der Waals surface area contributed by atoms with Crippen LogP contribution in [-0.4, -0.2) is 36.8 Å². The third-order valence-corrected chi connectivity index (χ3v) is 5.00. The van der Waals surface area contributed by atoms with Gasteiger partial charge in [-0.3, -0.25) is 9.59 Å². The van der Waals surface area contributed by atoms with Crippen molar-refractivity contribution < 1.29 is 41.4 Å². The Balaban J connectivity index is 2.12. The molecule has 190 valence electrons. The molecule has 0 bridgehead atoms. The number of esters is 1. The van der Waals surface area contributed by atoms with E-state index in [1.165, 1.54) is 12.1 Å². The smallest absolute Gasteiger partial charge is 0.408 e. The average molecular weight is 498 g/mol. The van der Waals surface area contributed by atoms with Crippen molar-refractivity contribution in [2.45, 2.75) is 45.5 Å². The van der Waals surface area contributed by atoms with Crippen molar-refractivity contribution in [2.75, 3.05) is 11.9 Å². The largest absolute Gasteiger partial charge is 0.466 e. The molecule has 2 unspecified atom stereocenters. The Labute approximate surface area is 199 Å². The van der Waals surface area contributed by atoms with Crippen LogP contribution in [0.5, 0.6) is 0 Å². The summed E-state index contributed by atoms with van der Waals surface area (Å²) in [5.74, 6) is -4.96. The predicted octanol–water partition coefficient (Wildman–Crippen LogP) is 4.75. The molecule has 0 spiro atoms. The second-order valence-corrected chi connectivity index (χ2v) is 7.62. The maximum atomic E-state index is 14.3. The van der Waals surface area contributed by atoms with Crippen molar-refractivity contribution in [3.05, 3.63) is 65.5 Å². The van der Waals surface area contributed by atoms with E-state index in [0.29, 0.717) is 18.1 Å². The van der Waals surface area contributed by atoms with Gasteiger partial charge in [0.05, 0.1) is 18.2 Å². The average Bonchev–Trinajstić information content (AvgIpc) is 2.81. The number of halogens is 4. The first-order valence-electron chi connectivity index (χ1n) is 10.8. The third kappa shape index (κ3) is 8.91. The molecule has 2 rings (SSSR count). The van der Waals surface area contributed by atoms with Crippen LogP contribution in [0.4, 0.5) is 28.0 Å². The molecule has 2 aromatic carbocycles. The molecule has 0 saturated carbocycles.